The van der Waals surface area contributed by atoms with Gasteiger partial charge in [0.2, 0.25) is 0 Å². The van der Waals surface area contributed by atoms with Gasteiger partial charge in [0.25, 0.3) is 5.56 Å². The first-order valence-corrected chi connectivity index (χ1v) is 13.2. The van der Waals surface area contributed by atoms with Crippen molar-refractivity contribution >= 4 is 44.6 Å². The predicted octanol–water partition coefficient (Wildman–Crippen LogP) is 8.27. The molecule has 0 aliphatic heterocycles. The summed E-state index contributed by atoms with van der Waals surface area (Å²) in [6.07, 6.45) is -3.18. The lowest BCUT2D eigenvalue weighted by atomic mass is 10.1. The summed E-state index contributed by atoms with van der Waals surface area (Å²) in [6, 6.07) is 22.4. The van der Waals surface area contributed by atoms with Gasteiger partial charge in [0.05, 0.1) is 32.2 Å². The number of nitrogens with zero attached hydrogens (tertiary/aromatic N) is 3. The van der Waals surface area contributed by atoms with E-state index in [0.29, 0.717) is 32.9 Å². The van der Waals surface area contributed by atoms with Gasteiger partial charge in [-0.15, -0.1) is 0 Å². The summed E-state index contributed by atoms with van der Waals surface area (Å²) in [4.78, 5) is 17.9. The van der Waals surface area contributed by atoms with Crippen LogP contribution in [0.25, 0.3) is 22.3 Å². The number of hydrogen-bond acceptors (Lipinski definition) is 4. The monoisotopic (exact) mass is 625 g/mol. The second-order valence-electron chi connectivity index (χ2n) is 8.98. The van der Waals surface area contributed by atoms with Crippen LogP contribution in [0.4, 0.5) is 13.2 Å². The topological polar surface area (TPSA) is 56.5 Å². The molecule has 10 heteroatoms. The van der Waals surface area contributed by atoms with Crippen LogP contribution in [0.3, 0.4) is 0 Å². The van der Waals surface area contributed by atoms with Crippen molar-refractivity contribution in [3.8, 4) is 17.1 Å². The van der Waals surface area contributed by atoms with Gasteiger partial charge in [-0.05, 0) is 70.4 Å². The van der Waals surface area contributed by atoms with Gasteiger partial charge < -0.3 is 4.74 Å². The van der Waals surface area contributed by atoms with Crippen LogP contribution in [-0.2, 0) is 12.8 Å². The second-order valence-corrected chi connectivity index (χ2v) is 10.2. The van der Waals surface area contributed by atoms with E-state index in [1.807, 2.05) is 31.2 Å². The average molecular weight is 627 g/mol. The number of halogens is 5. The summed E-state index contributed by atoms with van der Waals surface area (Å²) in [5, 5.41) is 4.91. The van der Waals surface area contributed by atoms with E-state index in [2.05, 4.69) is 26.0 Å². The molecule has 0 N–H and O–H groups in total. The van der Waals surface area contributed by atoms with Crippen molar-refractivity contribution in [2.75, 3.05) is 0 Å². The highest BCUT2D eigenvalue weighted by molar-refractivity contribution is 9.10. The van der Waals surface area contributed by atoms with Gasteiger partial charge in [0.15, 0.2) is 11.6 Å². The molecule has 0 aliphatic rings. The molecule has 0 unspecified atom stereocenters. The van der Waals surface area contributed by atoms with Crippen LogP contribution >= 0.6 is 27.5 Å². The van der Waals surface area contributed by atoms with Crippen LogP contribution < -0.4 is 10.3 Å². The predicted molar refractivity (Wildman–Crippen MR) is 154 cm³/mol. The van der Waals surface area contributed by atoms with E-state index < -0.39 is 17.3 Å². The molecule has 0 amide bonds. The number of rotatable bonds is 6. The molecule has 0 aliphatic carbocycles. The maximum Gasteiger partial charge on any atom is 0.416 e. The van der Waals surface area contributed by atoms with Crippen LogP contribution in [0.15, 0.2) is 99.3 Å². The maximum atomic E-state index is 13.4. The van der Waals surface area contributed by atoms with Crippen LogP contribution in [0.1, 0.15) is 22.3 Å². The molecule has 0 atom stereocenters. The number of benzene rings is 4. The maximum absolute atomic E-state index is 13.4. The summed E-state index contributed by atoms with van der Waals surface area (Å²) in [5.41, 5.74) is 1.68. The van der Waals surface area contributed by atoms with Crippen molar-refractivity contribution in [2.24, 2.45) is 5.10 Å². The van der Waals surface area contributed by atoms with Gasteiger partial charge in [0.1, 0.15) is 6.61 Å². The Morgan fingerprint density at radius 2 is 1.77 bits per heavy atom. The fourth-order valence-corrected chi connectivity index (χ4v) is 5.00. The van der Waals surface area contributed by atoms with Gasteiger partial charge in [0, 0.05) is 5.56 Å². The van der Waals surface area contributed by atoms with E-state index in [0.717, 1.165) is 27.9 Å². The first-order valence-electron chi connectivity index (χ1n) is 12.0. The molecule has 0 radical (unpaired) electrons. The normalized spacial score (nSPS) is 11.8. The molecule has 0 fully saturated rings. The molecule has 1 aromatic heterocycles. The van der Waals surface area contributed by atoms with Crippen LogP contribution in [0, 0.1) is 6.92 Å². The molecule has 5 rings (SSSR count). The lowest BCUT2D eigenvalue weighted by molar-refractivity contribution is -0.137. The highest BCUT2D eigenvalue weighted by atomic mass is 79.9. The molecular formula is C30H20BrClF3N3O2. The third kappa shape index (κ3) is 5.95. The van der Waals surface area contributed by atoms with Gasteiger partial charge in [-0.25, -0.2) is 4.98 Å². The third-order valence-electron chi connectivity index (χ3n) is 6.05. The van der Waals surface area contributed by atoms with Crippen molar-refractivity contribution < 1.29 is 17.9 Å². The van der Waals surface area contributed by atoms with Crippen LogP contribution in [0.2, 0.25) is 5.02 Å². The third-order valence-corrected chi connectivity index (χ3v) is 6.92. The number of hydrogen-bond donors (Lipinski definition) is 0. The Bertz CT molecular complexity index is 1780. The van der Waals surface area contributed by atoms with Crippen molar-refractivity contribution in [3.05, 3.63) is 127 Å². The van der Waals surface area contributed by atoms with Gasteiger partial charge in [-0.1, -0.05) is 65.7 Å². The minimum Gasteiger partial charge on any atom is -0.486 e. The van der Waals surface area contributed by atoms with Gasteiger partial charge >= 0.3 is 6.18 Å². The molecule has 5 aromatic rings. The number of fused-ring (bicyclic) bond motifs is 1. The summed E-state index contributed by atoms with van der Waals surface area (Å²) in [5.74, 6) is 0.405. The van der Waals surface area contributed by atoms with Gasteiger partial charge in [-0.3, -0.25) is 4.79 Å². The Morgan fingerprint density at radius 3 is 2.50 bits per heavy atom. The lowest BCUT2D eigenvalue weighted by Crippen LogP contribution is -2.20. The van der Waals surface area contributed by atoms with Crippen LogP contribution in [0.5, 0.6) is 5.75 Å². The summed E-state index contributed by atoms with van der Waals surface area (Å²) in [6.45, 7) is 2.31. The molecule has 4 aromatic carbocycles. The van der Waals surface area contributed by atoms with Crippen LogP contribution in [-0.4, -0.2) is 15.9 Å². The number of para-hydroxylation sites is 1. The Morgan fingerprint density at radius 1 is 1.02 bits per heavy atom. The molecule has 202 valence electrons. The van der Waals surface area contributed by atoms with E-state index in [1.165, 1.54) is 18.3 Å². The lowest BCUT2D eigenvalue weighted by Gasteiger charge is -2.13. The van der Waals surface area contributed by atoms with Gasteiger partial charge in [-0.2, -0.15) is 22.9 Å². The highest BCUT2D eigenvalue weighted by Gasteiger charge is 2.31. The number of aromatic nitrogens is 2. The first kappa shape index (κ1) is 27.6. The van der Waals surface area contributed by atoms with E-state index in [1.54, 1.807) is 36.4 Å². The zero-order chi connectivity index (χ0) is 28.4. The molecule has 0 saturated carbocycles. The zero-order valence-corrected chi connectivity index (χ0v) is 23.3. The smallest absolute Gasteiger partial charge is 0.416 e. The molecule has 0 saturated heterocycles. The molecular weight excluding hydrogens is 607 g/mol. The molecule has 40 heavy (non-hydrogen) atoms. The van der Waals surface area contributed by atoms with E-state index >= 15 is 0 Å². The first-order chi connectivity index (χ1) is 19.1. The SMILES string of the molecule is Cc1ccc(COc2c(Cl)cc(C=Nn3c(-c4cccc(C(F)(F)F)c4)nc4ccccc4c3=O)cc2Br)cc1. The van der Waals surface area contributed by atoms with E-state index in [9.17, 15) is 18.0 Å². The minimum absolute atomic E-state index is 0.0331. The zero-order valence-electron chi connectivity index (χ0n) is 20.9. The average Bonchev–Trinajstić information content (AvgIpc) is 2.92. The van der Waals surface area contributed by atoms with E-state index in [-0.39, 0.29) is 16.8 Å². The number of alkyl halides is 3. The number of ether oxygens (including phenoxy) is 1. The summed E-state index contributed by atoms with van der Waals surface area (Å²) >= 11 is 9.98. The largest absolute Gasteiger partial charge is 0.486 e. The highest BCUT2D eigenvalue weighted by Crippen LogP contribution is 2.35. The molecule has 5 nitrogen and oxygen atoms in total. The second kappa shape index (κ2) is 11.3. The Labute approximate surface area is 240 Å². The number of aryl methyl sites for hydroxylation is 1. The fraction of sp³-hybridized carbons (Fsp3) is 0.100. The quantitative estimate of drug-likeness (QED) is 0.178. The van der Waals surface area contributed by atoms with Crippen molar-refractivity contribution in [2.45, 2.75) is 19.7 Å². The minimum atomic E-state index is -4.56. The summed E-state index contributed by atoms with van der Waals surface area (Å²) < 4.78 is 47.7. The fourth-order valence-electron chi connectivity index (χ4n) is 4.01. The molecule has 1 heterocycles. The molecule has 0 bridgehead atoms. The van der Waals surface area contributed by atoms with Crippen molar-refractivity contribution in [1.29, 1.82) is 0 Å². The molecule has 0 spiro atoms. The van der Waals surface area contributed by atoms with E-state index in [4.69, 9.17) is 16.3 Å². The summed E-state index contributed by atoms with van der Waals surface area (Å²) in [7, 11) is 0. The Kier molecular flexibility index (Phi) is 7.78. The Balaban J connectivity index is 1.52. The standard InChI is InChI=1S/C30H20BrClF3N3O2/c1-18-9-11-19(12-10-18)17-40-27-24(31)13-20(14-25(27)32)16-36-38-28(21-5-4-6-22(15-21)30(33,34)35)37-26-8-3-2-7-23(26)29(38)39/h2-16H,17H2,1H3. The van der Waals surface area contributed by atoms with Crippen molar-refractivity contribution in [3.63, 3.8) is 0 Å². The van der Waals surface area contributed by atoms with Crippen molar-refractivity contribution in [1.82, 2.24) is 9.66 Å². The Hall–Kier alpha value is -3.95.